The van der Waals surface area contributed by atoms with Gasteiger partial charge in [0.1, 0.15) is 0 Å². The molecule has 2 fully saturated rings. The summed E-state index contributed by atoms with van der Waals surface area (Å²) in [4.78, 5) is 23.5. The molecule has 2 amide bonds. The lowest BCUT2D eigenvalue weighted by Crippen LogP contribution is -2.48. The number of piperidine rings is 1. The van der Waals surface area contributed by atoms with Crippen LogP contribution in [0.3, 0.4) is 0 Å². The number of benzene rings is 2. The second kappa shape index (κ2) is 7.83. The monoisotopic (exact) mass is 405 g/mol. The third kappa shape index (κ3) is 3.39. The number of nitrogens with one attached hydrogen (secondary N) is 4. The molecule has 1 aliphatic carbocycles. The van der Waals surface area contributed by atoms with Gasteiger partial charge in [0.15, 0.2) is 0 Å². The Morgan fingerprint density at radius 1 is 0.967 bits per heavy atom. The molecule has 2 aromatic carbocycles. The first-order valence-corrected chi connectivity index (χ1v) is 10.6. The Hall–Kier alpha value is -2.74. The van der Waals surface area contributed by atoms with Crippen LogP contribution >= 0.6 is 0 Å². The van der Waals surface area contributed by atoms with E-state index in [1.807, 2.05) is 12.1 Å². The highest BCUT2D eigenvalue weighted by Crippen LogP contribution is 2.46. The van der Waals surface area contributed by atoms with Crippen LogP contribution in [0.1, 0.15) is 48.2 Å². The number of rotatable bonds is 5. The Morgan fingerprint density at radius 3 is 2.57 bits per heavy atom. The topological polar surface area (TPSA) is 108 Å². The summed E-state index contributed by atoms with van der Waals surface area (Å²) in [6, 6.07) is 15.2. The van der Waals surface area contributed by atoms with Crippen molar-refractivity contribution in [3.63, 3.8) is 0 Å². The molecule has 2 heterocycles. The highest BCUT2D eigenvalue weighted by Gasteiger charge is 2.38. The van der Waals surface area contributed by atoms with Gasteiger partial charge in [0.2, 0.25) is 11.8 Å². The van der Waals surface area contributed by atoms with E-state index < -0.39 is 5.91 Å². The van der Waals surface area contributed by atoms with Crippen LogP contribution < -0.4 is 27.0 Å². The van der Waals surface area contributed by atoms with Crippen LogP contribution in [0.15, 0.2) is 42.5 Å². The number of hydrogen-bond acceptors (Lipinski definition) is 5. The standard InChI is InChI=1S/C23H27N5O2/c24-19(29)8-9-20(30)28-22-14-5-2-1-4-13(14)21-15(22)6-3-7-16(21)23-26-17-10-11-25-12-18(17)27-23/h1-7,17-18,22-23,25-27H,8-12H2,(H2,24,29)(H,28,30). The normalized spacial score (nSPS) is 26.5. The second-order valence-electron chi connectivity index (χ2n) is 8.34. The van der Waals surface area contributed by atoms with Crippen LogP contribution in [0.25, 0.3) is 11.1 Å². The molecule has 7 nitrogen and oxygen atoms in total. The van der Waals surface area contributed by atoms with Gasteiger partial charge in [-0.05, 0) is 40.8 Å². The number of carbonyl (C=O) groups is 2. The average Bonchev–Trinajstić information content (AvgIpc) is 3.32. The first-order chi connectivity index (χ1) is 14.6. The predicted molar refractivity (Wildman–Crippen MR) is 114 cm³/mol. The zero-order valence-corrected chi connectivity index (χ0v) is 16.8. The minimum atomic E-state index is -0.464. The molecule has 0 saturated carbocycles. The van der Waals surface area contributed by atoms with E-state index in [1.54, 1.807) is 0 Å². The van der Waals surface area contributed by atoms with Crippen molar-refractivity contribution in [2.24, 2.45) is 5.73 Å². The fraction of sp³-hybridized carbons (Fsp3) is 0.391. The van der Waals surface area contributed by atoms with Crippen molar-refractivity contribution < 1.29 is 9.59 Å². The molecule has 0 radical (unpaired) electrons. The zero-order valence-electron chi connectivity index (χ0n) is 16.8. The zero-order chi connectivity index (χ0) is 20.7. The maximum absolute atomic E-state index is 12.5. The lowest BCUT2D eigenvalue weighted by Gasteiger charge is -2.24. The summed E-state index contributed by atoms with van der Waals surface area (Å²) < 4.78 is 0. The molecule has 2 saturated heterocycles. The van der Waals surface area contributed by atoms with Gasteiger partial charge < -0.3 is 16.4 Å². The Balaban J connectivity index is 1.48. The van der Waals surface area contributed by atoms with Gasteiger partial charge in [0.05, 0.1) is 12.2 Å². The maximum Gasteiger partial charge on any atom is 0.221 e. The molecule has 0 spiro atoms. The minimum absolute atomic E-state index is 0.0554. The first kappa shape index (κ1) is 19.2. The summed E-state index contributed by atoms with van der Waals surface area (Å²) in [7, 11) is 0. The van der Waals surface area contributed by atoms with E-state index in [0.29, 0.717) is 12.1 Å². The molecular formula is C23H27N5O2. The lowest BCUT2D eigenvalue weighted by molar-refractivity contribution is -0.125. The average molecular weight is 406 g/mol. The van der Waals surface area contributed by atoms with Gasteiger partial charge in [-0.1, -0.05) is 42.5 Å². The molecule has 7 heteroatoms. The van der Waals surface area contributed by atoms with Gasteiger partial charge in [0, 0.05) is 31.5 Å². The van der Waals surface area contributed by atoms with Crippen LogP contribution in [-0.2, 0) is 9.59 Å². The van der Waals surface area contributed by atoms with Gasteiger partial charge in [-0.3, -0.25) is 20.2 Å². The highest BCUT2D eigenvalue weighted by molar-refractivity contribution is 5.87. The fourth-order valence-corrected chi connectivity index (χ4v) is 5.04. The van der Waals surface area contributed by atoms with Crippen LogP contribution in [-0.4, -0.2) is 37.0 Å². The molecule has 4 unspecified atom stereocenters. The van der Waals surface area contributed by atoms with Gasteiger partial charge in [-0.25, -0.2) is 0 Å². The SMILES string of the molecule is NC(=O)CCC(=O)NC1c2ccccc2-c2c(C3NC4CCNCC4N3)cccc21. The second-order valence-corrected chi connectivity index (χ2v) is 8.34. The Labute approximate surface area is 175 Å². The third-order valence-corrected chi connectivity index (χ3v) is 6.44. The quantitative estimate of drug-likeness (QED) is 0.511. The van der Waals surface area contributed by atoms with Crippen LogP contribution in [0.4, 0.5) is 0 Å². The number of fused-ring (bicyclic) bond motifs is 4. The summed E-state index contributed by atoms with van der Waals surface area (Å²) in [5.74, 6) is -0.630. The van der Waals surface area contributed by atoms with Crippen molar-refractivity contribution in [1.29, 1.82) is 0 Å². The van der Waals surface area contributed by atoms with Crippen LogP contribution in [0.2, 0.25) is 0 Å². The molecule has 5 rings (SSSR count). The predicted octanol–water partition coefficient (Wildman–Crippen LogP) is 1.06. The van der Waals surface area contributed by atoms with Crippen molar-refractivity contribution in [2.45, 2.75) is 43.6 Å². The Morgan fingerprint density at radius 2 is 1.73 bits per heavy atom. The maximum atomic E-state index is 12.5. The minimum Gasteiger partial charge on any atom is -0.370 e. The summed E-state index contributed by atoms with van der Waals surface area (Å²) in [5.41, 5.74) is 10.9. The molecule has 0 bridgehead atoms. The van der Waals surface area contributed by atoms with E-state index in [2.05, 4.69) is 51.6 Å². The molecule has 30 heavy (non-hydrogen) atoms. The largest absolute Gasteiger partial charge is 0.370 e. The van der Waals surface area contributed by atoms with E-state index >= 15 is 0 Å². The van der Waals surface area contributed by atoms with E-state index in [9.17, 15) is 9.59 Å². The van der Waals surface area contributed by atoms with Gasteiger partial charge >= 0.3 is 0 Å². The molecule has 4 atom stereocenters. The Bertz CT molecular complexity index is 977. The molecular weight excluding hydrogens is 378 g/mol. The first-order valence-electron chi connectivity index (χ1n) is 10.6. The van der Waals surface area contributed by atoms with Crippen LogP contribution in [0.5, 0.6) is 0 Å². The summed E-state index contributed by atoms with van der Waals surface area (Å²) in [6.07, 6.45) is 1.34. The van der Waals surface area contributed by atoms with Crippen molar-refractivity contribution in [2.75, 3.05) is 13.1 Å². The number of hydrogen-bond donors (Lipinski definition) is 5. The molecule has 6 N–H and O–H groups in total. The molecule has 156 valence electrons. The van der Waals surface area contributed by atoms with Crippen molar-refractivity contribution in [3.05, 3.63) is 59.2 Å². The van der Waals surface area contributed by atoms with Gasteiger partial charge in [-0.2, -0.15) is 0 Å². The van der Waals surface area contributed by atoms with E-state index in [4.69, 9.17) is 5.73 Å². The molecule has 3 aliphatic rings. The third-order valence-electron chi connectivity index (χ3n) is 6.44. The smallest absolute Gasteiger partial charge is 0.221 e. The van der Waals surface area contributed by atoms with Gasteiger partial charge in [-0.15, -0.1) is 0 Å². The van der Waals surface area contributed by atoms with E-state index in [0.717, 1.165) is 36.2 Å². The summed E-state index contributed by atoms with van der Waals surface area (Å²) >= 11 is 0. The van der Waals surface area contributed by atoms with E-state index in [-0.39, 0.29) is 31.0 Å². The Kier molecular flexibility index (Phi) is 5.02. The summed E-state index contributed by atoms with van der Waals surface area (Å²) in [5, 5.41) is 14.1. The fourth-order valence-electron chi connectivity index (χ4n) is 5.04. The molecule has 0 aromatic heterocycles. The van der Waals surface area contributed by atoms with E-state index in [1.165, 1.54) is 11.1 Å². The lowest BCUT2D eigenvalue weighted by atomic mass is 9.97. The number of nitrogens with two attached hydrogens (primary N) is 1. The number of carbonyl (C=O) groups excluding carboxylic acids is 2. The molecule has 2 aromatic rings. The number of amides is 2. The summed E-state index contributed by atoms with van der Waals surface area (Å²) in [6.45, 7) is 2.01. The van der Waals surface area contributed by atoms with Gasteiger partial charge in [0.25, 0.3) is 0 Å². The van der Waals surface area contributed by atoms with Crippen molar-refractivity contribution in [3.8, 4) is 11.1 Å². The number of primary amides is 1. The van der Waals surface area contributed by atoms with Crippen molar-refractivity contribution >= 4 is 11.8 Å². The highest BCUT2D eigenvalue weighted by atomic mass is 16.2. The van der Waals surface area contributed by atoms with Crippen molar-refractivity contribution in [1.82, 2.24) is 21.3 Å². The van der Waals surface area contributed by atoms with Crippen LogP contribution in [0, 0.1) is 0 Å². The molecule has 2 aliphatic heterocycles.